The normalized spacial score (nSPS) is 26.8. The Morgan fingerprint density at radius 2 is 1.94 bits per heavy atom. The molecule has 1 saturated heterocycles. The molecule has 5 rings (SSSR count). The maximum Gasteiger partial charge on any atom is 0.215 e. The summed E-state index contributed by atoms with van der Waals surface area (Å²) in [4.78, 5) is 13.2. The van der Waals surface area contributed by atoms with E-state index in [0.29, 0.717) is 6.42 Å². The van der Waals surface area contributed by atoms with Gasteiger partial charge in [-0.1, -0.05) is 25.3 Å². The number of piperidine rings is 1. The molecule has 1 N–H and O–H groups in total. The zero-order valence-corrected chi connectivity index (χ0v) is 19.7. The molecule has 6 nitrogen and oxygen atoms in total. The third-order valence-electron chi connectivity index (χ3n) is 7.99. The molecule has 0 radical (unpaired) electrons. The lowest BCUT2D eigenvalue weighted by Crippen LogP contribution is -2.50. The van der Waals surface area contributed by atoms with E-state index in [1.165, 1.54) is 12.0 Å². The number of Topliss-reactive ketones (excluding diaryl/α,β-unsaturated/α-hetero) is 1. The molecule has 1 aromatic heterocycles. The van der Waals surface area contributed by atoms with E-state index in [4.69, 9.17) is 0 Å². The number of aromatic nitrogens is 2. The van der Waals surface area contributed by atoms with Gasteiger partial charge in [0.15, 0.2) is 5.78 Å². The summed E-state index contributed by atoms with van der Waals surface area (Å²) in [7, 11) is -3.37. The third kappa shape index (κ3) is 4.51. The number of ketones is 1. The van der Waals surface area contributed by atoms with Gasteiger partial charge in [0.25, 0.3) is 0 Å². The van der Waals surface area contributed by atoms with Gasteiger partial charge in [0.05, 0.1) is 23.5 Å². The van der Waals surface area contributed by atoms with E-state index in [0.717, 1.165) is 75.1 Å². The summed E-state index contributed by atoms with van der Waals surface area (Å²) in [6.45, 7) is 0. The van der Waals surface area contributed by atoms with Crippen LogP contribution in [0.5, 0.6) is 0 Å². The van der Waals surface area contributed by atoms with Gasteiger partial charge < -0.3 is 0 Å². The average molecular weight is 458 g/mol. The second kappa shape index (κ2) is 9.26. The van der Waals surface area contributed by atoms with Crippen LogP contribution in [0.4, 0.5) is 0 Å². The van der Waals surface area contributed by atoms with Crippen molar-refractivity contribution in [3.63, 3.8) is 0 Å². The Bertz CT molecular complexity index is 1060. The maximum atomic E-state index is 13.4. The van der Waals surface area contributed by atoms with E-state index in [-0.39, 0.29) is 29.4 Å². The Labute approximate surface area is 191 Å². The minimum absolute atomic E-state index is 0.0595. The van der Waals surface area contributed by atoms with Crippen LogP contribution in [0.1, 0.15) is 76.2 Å². The SMILES string of the molecule is O=C(CCCCc1ccc2[nH]ncc2c1)C1C2CCC(C2)N1S(=O)(=O)CC1CCCCC1. The summed E-state index contributed by atoms with van der Waals surface area (Å²) in [5.41, 5.74) is 2.29. The van der Waals surface area contributed by atoms with E-state index in [2.05, 4.69) is 22.3 Å². The number of nitrogens with zero attached hydrogens (tertiary/aromatic N) is 2. The van der Waals surface area contributed by atoms with E-state index >= 15 is 0 Å². The highest BCUT2D eigenvalue weighted by Gasteiger charge is 2.53. The zero-order chi connectivity index (χ0) is 22.1. The molecule has 3 fully saturated rings. The van der Waals surface area contributed by atoms with Crippen molar-refractivity contribution in [2.24, 2.45) is 11.8 Å². The topological polar surface area (TPSA) is 83.1 Å². The minimum Gasteiger partial charge on any atom is -0.298 e. The lowest BCUT2D eigenvalue weighted by Gasteiger charge is -2.35. The summed E-state index contributed by atoms with van der Waals surface area (Å²) in [6.07, 6.45) is 13.3. The molecule has 0 spiro atoms. The molecule has 2 heterocycles. The second-order valence-corrected chi connectivity index (χ2v) is 12.2. The molecule has 32 heavy (non-hydrogen) atoms. The van der Waals surface area contributed by atoms with Crippen molar-refractivity contribution >= 4 is 26.7 Å². The minimum atomic E-state index is -3.37. The van der Waals surface area contributed by atoms with Gasteiger partial charge in [0, 0.05) is 17.8 Å². The number of aryl methyl sites for hydroxylation is 1. The number of hydrogen-bond acceptors (Lipinski definition) is 4. The van der Waals surface area contributed by atoms with Crippen molar-refractivity contribution < 1.29 is 13.2 Å². The lowest BCUT2D eigenvalue weighted by atomic mass is 9.91. The molecule has 1 aromatic carbocycles. The molecule has 2 aromatic rings. The van der Waals surface area contributed by atoms with Gasteiger partial charge in [-0.3, -0.25) is 9.89 Å². The molecule has 2 bridgehead atoms. The van der Waals surface area contributed by atoms with Crippen LogP contribution in [0, 0.1) is 11.8 Å². The Balaban J connectivity index is 1.18. The largest absolute Gasteiger partial charge is 0.298 e. The first-order chi connectivity index (χ1) is 15.5. The molecule has 174 valence electrons. The van der Waals surface area contributed by atoms with E-state index in [1.54, 1.807) is 4.31 Å². The number of carbonyl (C=O) groups excluding carboxylic acids is 1. The van der Waals surface area contributed by atoms with Gasteiger partial charge in [-0.05, 0) is 80.9 Å². The number of fused-ring (bicyclic) bond motifs is 3. The molecule has 0 amide bonds. The van der Waals surface area contributed by atoms with E-state index in [9.17, 15) is 13.2 Å². The molecule has 3 atom stereocenters. The number of rotatable bonds is 9. The second-order valence-electron chi connectivity index (χ2n) is 10.2. The first-order valence-electron chi connectivity index (χ1n) is 12.5. The first kappa shape index (κ1) is 22.1. The number of sulfonamides is 1. The quantitative estimate of drug-likeness (QED) is 0.558. The van der Waals surface area contributed by atoms with Gasteiger partial charge in [-0.15, -0.1) is 0 Å². The van der Waals surface area contributed by atoms with Gasteiger partial charge in [-0.2, -0.15) is 9.40 Å². The van der Waals surface area contributed by atoms with Gasteiger partial charge >= 0.3 is 0 Å². The number of H-pyrrole nitrogens is 1. The molecule has 3 aliphatic rings. The van der Waals surface area contributed by atoms with Crippen molar-refractivity contribution in [3.05, 3.63) is 30.0 Å². The molecule has 7 heteroatoms. The smallest absolute Gasteiger partial charge is 0.215 e. The Morgan fingerprint density at radius 3 is 2.78 bits per heavy atom. The number of benzene rings is 1. The first-order valence-corrected chi connectivity index (χ1v) is 14.1. The summed E-state index contributed by atoms with van der Waals surface area (Å²) < 4.78 is 28.4. The van der Waals surface area contributed by atoms with Crippen LogP contribution >= 0.6 is 0 Å². The molecular formula is C25H35N3O3S. The standard InChI is InChI=1S/C25H35N3O3S/c29-24(9-5-4-6-18-10-13-23-21(14-18)16-26-27-23)25-20-11-12-22(15-20)28(25)32(30,31)17-19-7-2-1-3-8-19/h10,13-14,16,19-20,22,25H,1-9,11-12,15,17H2,(H,26,27). The predicted molar refractivity (Wildman–Crippen MR) is 126 cm³/mol. The van der Waals surface area contributed by atoms with Crippen LogP contribution in [0.2, 0.25) is 0 Å². The fourth-order valence-corrected chi connectivity index (χ4v) is 8.79. The number of unbranched alkanes of at least 4 members (excludes halogenated alkanes) is 1. The Kier molecular flexibility index (Phi) is 6.39. The number of carbonyl (C=O) groups is 1. The highest BCUT2D eigenvalue weighted by Crippen LogP contribution is 2.45. The fourth-order valence-electron chi connectivity index (χ4n) is 6.41. The number of nitrogens with one attached hydrogen (secondary N) is 1. The molecular weight excluding hydrogens is 422 g/mol. The van der Waals surface area contributed by atoms with Gasteiger partial charge in [0.1, 0.15) is 0 Å². The van der Waals surface area contributed by atoms with Crippen molar-refractivity contribution in [2.45, 2.75) is 89.1 Å². The molecule has 2 aliphatic carbocycles. The highest BCUT2D eigenvalue weighted by molar-refractivity contribution is 7.89. The number of aromatic amines is 1. The molecule has 2 saturated carbocycles. The monoisotopic (exact) mass is 457 g/mol. The summed E-state index contributed by atoms with van der Waals surface area (Å²) in [5.74, 6) is 0.902. The van der Waals surface area contributed by atoms with Crippen LogP contribution in [0.25, 0.3) is 10.9 Å². The fraction of sp³-hybridized carbons (Fsp3) is 0.680. The van der Waals surface area contributed by atoms with Crippen LogP contribution in [0.3, 0.4) is 0 Å². The third-order valence-corrected chi connectivity index (χ3v) is 10.1. The number of hydrogen-bond donors (Lipinski definition) is 1. The summed E-state index contributed by atoms with van der Waals surface area (Å²) in [5, 5.41) is 8.14. The molecule has 3 unspecified atom stereocenters. The summed E-state index contributed by atoms with van der Waals surface area (Å²) in [6, 6.07) is 5.97. The highest BCUT2D eigenvalue weighted by atomic mass is 32.2. The van der Waals surface area contributed by atoms with Gasteiger partial charge in [-0.25, -0.2) is 8.42 Å². The van der Waals surface area contributed by atoms with Crippen molar-refractivity contribution in [1.29, 1.82) is 0 Å². The average Bonchev–Trinajstić information content (AvgIpc) is 3.52. The van der Waals surface area contributed by atoms with Crippen molar-refractivity contribution in [2.75, 3.05) is 5.75 Å². The van der Waals surface area contributed by atoms with Crippen LogP contribution in [-0.4, -0.2) is 46.5 Å². The zero-order valence-electron chi connectivity index (χ0n) is 18.8. The lowest BCUT2D eigenvalue weighted by molar-refractivity contribution is -0.124. The van der Waals surface area contributed by atoms with Crippen LogP contribution in [0.15, 0.2) is 24.4 Å². The Morgan fingerprint density at radius 1 is 1.09 bits per heavy atom. The van der Waals surface area contributed by atoms with Crippen molar-refractivity contribution in [3.8, 4) is 0 Å². The Hall–Kier alpha value is -1.73. The maximum absolute atomic E-state index is 13.4. The van der Waals surface area contributed by atoms with Crippen molar-refractivity contribution in [1.82, 2.24) is 14.5 Å². The van der Waals surface area contributed by atoms with Crippen LogP contribution in [-0.2, 0) is 21.2 Å². The van der Waals surface area contributed by atoms with Crippen LogP contribution < -0.4 is 0 Å². The van der Waals surface area contributed by atoms with E-state index in [1.807, 2.05) is 12.3 Å². The summed E-state index contributed by atoms with van der Waals surface area (Å²) >= 11 is 0. The predicted octanol–water partition coefficient (Wildman–Crippen LogP) is 4.61. The molecule has 1 aliphatic heterocycles. The van der Waals surface area contributed by atoms with E-state index < -0.39 is 16.1 Å². The van der Waals surface area contributed by atoms with Gasteiger partial charge in [0.2, 0.25) is 10.0 Å².